The number of hydrogen-bond donors (Lipinski definition) is 6. The number of carbonyl (C=O) groups is 1. The maximum atomic E-state index is 12.2. The molecule has 12 atom stereocenters. The maximum Gasteiger partial charge on any atom is 0.335 e. The summed E-state index contributed by atoms with van der Waals surface area (Å²) in [7, 11) is 1.72. The highest BCUT2D eigenvalue weighted by Gasteiger charge is 2.81. The third-order valence-corrected chi connectivity index (χ3v) is 12.4. The molecule has 3 heterocycles. The first-order valence-corrected chi connectivity index (χ1v) is 15.1. The van der Waals surface area contributed by atoms with E-state index in [0.29, 0.717) is 5.75 Å². The minimum absolute atomic E-state index is 0.192. The first-order valence-electron chi connectivity index (χ1n) is 15.1. The zero-order chi connectivity index (χ0) is 30.2. The molecule has 2 saturated heterocycles. The van der Waals surface area contributed by atoms with E-state index in [1.54, 1.807) is 13.2 Å². The van der Waals surface area contributed by atoms with Gasteiger partial charge in [-0.3, -0.25) is 0 Å². The van der Waals surface area contributed by atoms with E-state index in [1.165, 1.54) is 0 Å². The Morgan fingerprint density at radius 1 is 1.07 bits per heavy atom. The summed E-state index contributed by atoms with van der Waals surface area (Å²) in [6, 6.07) is 3.94. The molecule has 0 amide bonds. The van der Waals surface area contributed by atoms with Gasteiger partial charge in [0.25, 0.3) is 0 Å². The first-order chi connectivity index (χ1) is 19.7. The van der Waals surface area contributed by atoms with Gasteiger partial charge >= 0.3 is 5.97 Å². The van der Waals surface area contributed by atoms with E-state index in [2.05, 4.69) is 26.1 Å². The molecule has 11 heteroatoms. The number of ether oxygens (including phenoxy) is 4. The number of hydrogen-bond acceptors (Lipinski definition) is 10. The zero-order valence-corrected chi connectivity index (χ0v) is 24.8. The molecular weight excluding hydrogens is 546 g/mol. The summed E-state index contributed by atoms with van der Waals surface area (Å²) >= 11 is 0. The van der Waals surface area contributed by atoms with Crippen molar-refractivity contribution in [3.63, 3.8) is 0 Å². The summed E-state index contributed by atoms with van der Waals surface area (Å²) in [5, 5.41) is 56.8. The number of aliphatic hydroxyl groups excluding tert-OH is 3. The van der Waals surface area contributed by atoms with Crippen molar-refractivity contribution in [3.05, 3.63) is 23.3 Å². The van der Waals surface area contributed by atoms with Gasteiger partial charge in [-0.15, -0.1) is 0 Å². The number of aliphatic hydroxyl groups is 4. The molecule has 7 aliphatic rings. The van der Waals surface area contributed by atoms with Crippen LogP contribution in [-0.2, 0) is 26.1 Å². The molecular formula is C31H43NO10. The Hall–Kier alpha value is -1.99. The topological polar surface area (TPSA) is 167 Å². The molecule has 4 bridgehead atoms. The van der Waals surface area contributed by atoms with Crippen LogP contribution in [0.5, 0.6) is 11.5 Å². The monoisotopic (exact) mass is 589 g/mol. The van der Waals surface area contributed by atoms with Gasteiger partial charge in [0, 0.05) is 35.5 Å². The summed E-state index contributed by atoms with van der Waals surface area (Å²) in [5.41, 5.74) is -0.637. The van der Waals surface area contributed by atoms with Crippen LogP contribution >= 0.6 is 0 Å². The molecule has 3 aliphatic heterocycles. The van der Waals surface area contributed by atoms with Gasteiger partial charge in [0.05, 0.1) is 5.60 Å². The molecule has 4 aliphatic carbocycles. The standard InChI is InChI=1S/C31H43NO10/c1-27(2,3)28(4,38)16-13-29-8-9-31(16,39-5)26-30(29)10-11-32-17(29)12-14-6-7-15(22(42-26)18(14)30)40-25-21(35)19(33)20(34)23(41-25)24(36)37/h6-7,16-17,19-21,23,25-26,32-35,38H,8-13H2,1-5H3,(H,36,37)/t16-,17-,19+,20+,21+,23-,25-,26-,28-,29-,30+,31-/m1/s1. The van der Waals surface area contributed by atoms with E-state index >= 15 is 0 Å². The smallest absolute Gasteiger partial charge is 0.335 e. The van der Waals surface area contributed by atoms with E-state index < -0.39 is 64.8 Å². The van der Waals surface area contributed by atoms with Gasteiger partial charge in [-0.1, -0.05) is 26.8 Å². The van der Waals surface area contributed by atoms with Crippen LogP contribution in [0.1, 0.15) is 64.5 Å². The second kappa shape index (κ2) is 8.80. The van der Waals surface area contributed by atoms with Crippen molar-refractivity contribution in [2.75, 3.05) is 13.7 Å². The van der Waals surface area contributed by atoms with Crippen molar-refractivity contribution < 1.29 is 49.3 Å². The highest BCUT2D eigenvalue weighted by Crippen LogP contribution is 2.77. The van der Waals surface area contributed by atoms with E-state index in [9.17, 15) is 30.3 Å². The Balaban J connectivity index is 1.36. The molecule has 1 aromatic rings. The Morgan fingerprint density at radius 2 is 1.81 bits per heavy atom. The number of rotatable bonds is 5. The van der Waals surface area contributed by atoms with Crippen LogP contribution in [0.4, 0.5) is 0 Å². The highest BCUT2D eigenvalue weighted by atomic mass is 16.7. The Morgan fingerprint density at radius 3 is 2.48 bits per heavy atom. The van der Waals surface area contributed by atoms with Crippen LogP contribution in [0, 0.1) is 16.7 Å². The number of aliphatic carboxylic acids is 1. The van der Waals surface area contributed by atoms with Crippen molar-refractivity contribution in [3.8, 4) is 11.5 Å². The minimum atomic E-state index is -1.81. The Labute approximate surface area is 245 Å². The van der Waals surface area contributed by atoms with Crippen LogP contribution in [0.3, 0.4) is 0 Å². The SMILES string of the molecule is CO[C@]12CC[C@@]3(C[C@@H]1[C@@](C)(O)C(C)(C)C)[C@H]1Cc4ccc(O[C@@H]5O[C@@H](C(=O)O)[C@@H](O)[C@H](O)[C@@H]5O)c5c4[C@@]3(CCN1)[C@H]2O5. The average Bonchev–Trinajstić information content (AvgIpc) is 3.30. The number of methoxy groups -OCH3 is 1. The molecule has 2 spiro atoms. The van der Waals surface area contributed by atoms with Gasteiger partial charge in [0.15, 0.2) is 17.6 Å². The molecule has 8 rings (SSSR count). The predicted octanol–water partition coefficient (Wildman–Crippen LogP) is 0.857. The van der Waals surface area contributed by atoms with Crippen molar-refractivity contribution in [1.82, 2.24) is 5.32 Å². The summed E-state index contributed by atoms with van der Waals surface area (Å²) in [6.45, 7) is 8.92. The van der Waals surface area contributed by atoms with Gasteiger partial charge in [-0.05, 0) is 62.6 Å². The molecule has 1 aromatic carbocycles. The number of benzene rings is 1. The van der Waals surface area contributed by atoms with Crippen LogP contribution in [0.25, 0.3) is 0 Å². The lowest BCUT2D eigenvalue weighted by atomic mass is 9.33. The number of carboxylic acid groups (broad SMARTS) is 1. The van der Waals surface area contributed by atoms with E-state index in [1.807, 2.05) is 13.0 Å². The summed E-state index contributed by atoms with van der Waals surface area (Å²) in [6.07, 6.45) is -4.97. The molecule has 232 valence electrons. The number of fused-ring (bicyclic) bond motifs is 2. The molecule has 11 nitrogen and oxygen atoms in total. The van der Waals surface area contributed by atoms with Crippen molar-refractivity contribution in [2.24, 2.45) is 16.7 Å². The number of carboxylic acids is 1. The first kappa shape index (κ1) is 28.8. The van der Waals surface area contributed by atoms with Crippen molar-refractivity contribution in [1.29, 1.82) is 0 Å². The normalized spacial score (nSPS) is 46.4. The largest absolute Gasteiger partial charge is 0.482 e. The molecule has 6 N–H and O–H groups in total. The third-order valence-electron chi connectivity index (χ3n) is 12.4. The van der Waals surface area contributed by atoms with Gasteiger partial charge in [-0.2, -0.15) is 0 Å². The van der Waals surface area contributed by atoms with Crippen molar-refractivity contribution >= 4 is 5.97 Å². The van der Waals surface area contributed by atoms with Crippen LogP contribution in [0.2, 0.25) is 0 Å². The lowest BCUT2D eigenvalue weighted by molar-refractivity contribution is -0.303. The molecule has 42 heavy (non-hydrogen) atoms. The fraction of sp³-hybridized carbons (Fsp3) is 0.774. The van der Waals surface area contributed by atoms with E-state index in [0.717, 1.165) is 49.8 Å². The Kier molecular flexibility index (Phi) is 6.03. The highest BCUT2D eigenvalue weighted by molar-refractivity contribution is 5.73. The number of nitrogens with one attached hydrogen (secondary N) is 1. The summed E-state index contributed by atoms with van der Waals surface area (Å²) in [5.74, 6) is -0.895. The second-order valence-electron chi connectivity index (χ2n) is 14.7. The molecule has 0 aromatic heterocycles. The van der Waals surface area contributed by atoms with E-state index in [4.69, 9.17) is 18.9 Å². The van der Waals surface area contributed by atoms with E-state index in [-0.39, 0.29) is 23.1 Å². The third kappa shape index (κ3) is 3.23. The van der Waals surface area contributed by atoms with Crippen LogP contribution in [0.15, 0.2) is 12.1 Å². The Bertz CT molecular complexity index is 1310. The lowest BCUT2D eigenvalue weighted by Crippen LogP contribution is -2.83. The predicted molar refractivity (Wildman–Crippen MR) is 147 cm³/mol. The van der Waals surface area contributed by atoms with Crippen LogP contribution < -0.4 is 14.8 Å². The summed E-state index contributed by atoms with van der Waals surface area (Å²) in [4.78, 5) is 11.7. The zero-order valence-electron chi connectivity index (χ0n) is 24.8. The molecule has 0 unspecified atom stereocenters. The molecule has 3 saturated carbocycles. The average molecular weight is 590 g/mol. The minimum Gasteiger partial charge on any atom is -0.482 e. The fourth-order valence-electron chi connectivity index (χ4n) is 9.88. The van der Waals surface area contributed by atoms with Gasteiger partial charge < -0.3 is 49.8 Å². The summed E-state index contributed by atoms with van der Waals surface area (Å²) < 4.78 is 25.1. The second-order valence-corrected chi connectivity index (χ2v) is 14.7. The quantitative estimate of drug-likeness (QED) is 0.288. The molecule has 5 fully saturated rings. The maximum absolute atomic E-state index is 12.2. The van der Waals surface area contributed by atoms with Gasteiger partial charge in [0.2, 0.25) is 6.29 Å². The lowest BCUT2D eigenvalue weighted by Gasteiger charge is -2.74. The molecule has 0 radical (unpaired) electrons. The number of piperidine rings is 1. The fourth-order valence-corrected chi connectivity index (χ4v) is 9.88. The van der Waals surface area contributed by atoms with Crippen molar-refractivity contribution in [2.45, 2.75) is 119 Å². The van der Waals surface area contributed by atoms with Gasteiger partial charge in [-0.25, -0.2) is 4.79 Å². The van der Waals surface area contributed by atoms with Gasteiger partial charge in [0.1, 0.15) is 30.0 Å². The van der Waals surface area contributed by atoms with Crippen LogP contribution in [-0.4, -0.2) is 99.2 Å².